The summed E-state index contributed by atoms with van der Waals surface area (Å²) in [5.41, 5.74) is 0.615. The lowest BCUT2D eigenvalue weighted by molar-refractivity contribution is -0.127. The number of nitrogens with zero attached hydrogens (tertiary/aromatic N) is 2. The van der Waals surface area contributed by atoms with Gasteiger partial charge >= 0.3 is 6.61 Å². The van der Waals surface area contributed by atoms with Crippen molar-refractivity contribution in [2.24, 2.45) is 0 Å². The Balaban J connectivity index is 1.58. The molecule has 0 atom stereocenters. The molecular formula is C20H18ClF3N2O4S. The minimum atomic E-state index is -3.86. The number of ether oxygens (including phenoxy) is 1. The standard InChI is InChI=1S/C20H18ClF3N2O4S/c21-17-13-16(6-7-18(17)22)31(28,29)26-11-9-25(10-12-26)19(27)8-3-14-1-4-15(5-2-14)30-20(23)24/h1-8,13,20H,9-12H2/b8-3+. The largest absolute Gasteiger partial charge is 0.435 e. The van der Waals surface area contributed by atoms with Gasteiger partial charge in [-0.25, -0.2) is 12.8 Å². The van der Waals surface area contributed by atoms with Crippen molar-refractivity contribution in [3.05, 3.63) is 64.9 Å². The molecule has 166 valence electrons. The van der Waals surface area contributed by atoms with Crippen molar-refractivity contribution < 1.29 is 31.1 Å². The van der Waals surface area contributed by atoms with Crippen molar-refractivity contribution in [2.75, 3.05) is 26.2 Å². The monoisotopic (exact) mass is 474 g/mol. The van der Waals surface area contributed by atoms with Crippen LogP contribution in [0.4, 0.5) is 13.2 Å². The molecule has 1 heterocycles. The highest BCUT2D eigenvalue weighted by molar-refractivity contribution is 7.89. The molecule has 0 N–H and O–H groups in total. The number of carbonyl (C=O) groups is 1. The third-order valence-corrected chi connectivity index (χ3v) is 6.79. The molecule has 1 aliphatic rings. The number of halogens is 4. The van der Waals surface area contributed by atoms with Crippen LogP contribution in [0.5, 0.6) is 5.75 Å². The lowest BCUT2D eigenvalue weighted by Gasteiger charge is -2.33. The van der Waals surface area contributed by atoms with Gasteiger partial charge in [0, 0.05) is 32.3 Å². The van der Waals surface area contributed by atoms with Gasteiger partial charge in [-0.2, -0.15) is 13.1 Å². The molecule has 0 bridgehead atoms. The number of hydrogen-bond acceptors (Lipinski definition) is 4. The molecule has 0 spiro atoms. The first-order valence-electron chi connectivity index (χ1n) is 9.14. The lowest BCUT2D eigenvalue weighted by Crippen LogP contribution is -2.50. The number of alkyl halides is 2. The topological polar surface area (TPSA) is 66.9 Å². The van der Waals surface area contributed by atoms with E-state index in [1.807, 2.05) is 0 Å². The van der Waals surface area contributed by atoms with Crippen LogP contribution in [0.15, 0.2) is 53.4 Å². The Bertz CT molecular complexity index is 1070. The summed E-state index contributed by atoms with van der Waals surface area (Å²) in [7, 11) is -3.86. The van der Waals surface area contributed by atoms with Crippen molar-refractivity contribution in [2.45, 2.75) is 11.5 Å². The molecule has 1 aliphatic heterocycles. The Hall–Kier alpha value is -2.56. The zero-order chi connectivity index (χ0) is 22.6. The normalized spacial score (nSPS) is 15.6. The average Bonchev–Trinajstić information content (AvgIpc) is 2.74. The van der Waals surface area contributed by atoms with Crippen LogP contribution in [0.3, 0.4) is 0 Å². The first kappa shape index (κ1) is 23.1. The summed E-state index contributed by atoms with van der Waals surface area (Å²) in [6, 6.07) is 8.98. The maximum Gasteiger partial charge on any atom is 0.387 e. The first-order chi connectivity index (χ1) is 14.7. The minimum Gasteiger partial charge on any atom is -0.435 e. The van der Waals surface area contributed by atoms with Crippen molar-refractivity contribution in [1.29, 1.82) is 0 Å². The van der Waals surface area contributed by atoms with E-state index in [2.05, 4.69) is 4.74 Å². The molecule has 2 aromatic carbocycles. The molecule has 2 aromatic rings. The van der Waals surface area contributed by atoms with E-state index in [9.17, 15) is 26.4 Å². The minimum absolute atomic E-state index is 0.0123. The van der Waals surface area contributed by atoms with Crippen LogP contribution in [0.25, 0.3) is 6.08 Å². The first-order valence-corrected chi connectivity index (χ1v) is 11.0. The van der Waals surface area contributed by atoms with Crippen LogP contribution in [0.1, 0.15) is 5.56 Å². The molecule has 0 aliphatic carbocycles. The number of benzene rings is 2. The molecule has 0 aromatic heterocycles. The molecule has 31 heavy (non-hydrogen) atoms. The SMILES string of the molecule is O=C(/C=C/c1ccc(OC(F)F)cc1)N1CCN(S(=O)(=O)c2ccc(F)c(Cl)c2)CC1. The van der Waals surface area contributed by atoms with Crippen LogP contribution >= 0.6 is 11.6 Å². The second-order valence-corrected chi connectivity index (χ2v) is 8.93. The summed E-state index contributed by atoms with van der Waals surface area (Å²) in [5, 5.41) is -0.283. The van der Waals surface area contributed by atoms with Gasteiger partial charge < -0.3 is 9.64 Å². The zero-order valence-electron chi connectivity index (χ0n) is 16.0. The second-order valence-electron chi connectivity index (χ2n) is 6.59. The van der Waals surface area contributed by atoms with Crippen LogP contribution < -0.4 is 4.74 Å². The summed E-state index contributed by atoms with van der Waals surface area (Å²) in [4.78, 5) is 13.8. The number of sulfonamides is 1. The Morgan fingerprint density at radius 2 is 1.71 bits per heavy atom. The molecule has 3 rings (SSSR count). The predicted octanol–water partition coefficient (Wildman–Crippen LogP) is 3.63. The Labute approximate surface area is 182 Å². The molecule has 11 heteroatoms. The number of piperazine rings is 1. The van der Waals surface area contributed by atoms with Gasteiger partial charge in [-0.3, -0.25) is 4.79 Å². The van der Waals surface area contributed by atoms with Crippen molar-refractivity contribution >= 4 is 33.6 Å². The Morgan fingerprint density at radius 1 is 1.06 bits per heavy atom. The summed E-state index contributed by atoms with van der Waals surface area (Å²) in [6.07, 6.45) is 2.85. The van der Waals surface area contributed by atoms with Gasteiger partial charge in [0.1, 0.15) is 11.6 Å². The molecule has 1 saturated heterocycles. The van der Waals surface area contributed by atoms with Crippen LogP contribution in [-0.2, 0) is 14.8 Å². The van der Waals surface area contributed by atoms with E-state index in [1.54, 1.807) is 0 Å². The molecule has 0 unspecified atom stereocenters. The van der Waals surface area contributed by atoms with E-state index in [-0.39, 0.29) is 47.8 Å². The predicted molar refractivity (Wildman–Crippen MR) is 109 cm³/mol. The van der Waals surface area contributed by atoms with Gasteiger partial charge in [-0.15, -0.1) is 0 Å². The van der Waals surface area contributed by atoms with Crippen LogP contribution in [0.2, 0.25) is 5.02 Å². The summed E-state index contributed by atoms with van der Waals surface area (Å²) >= 11 is 5.68. The van der Waals surface area contributed by atoms with Gasteiger partial charge in [-0.1, -0.05) is 23.7 Å². The van der Waals surface area contributed by atoms with Crippen molar-refractivity contribution in [1.82, 2.24) is 9.21 Å². The zero-order valence-corrected chi connectivity index (χ0v) is 17.6. The third-order valence-electron chi connectivity index (χ3n) is 4.60. The summed E-state index contributed by atoms with van der Waals surface area (Å²) in [5.74, 6) is -1.01. The fraction of sp³-hybridized carbons (Fsp3) is 0.250. The average molecular weight is 475 g/mol. The fourth-order valence-corrected chi connectivity index (χ4v) is 4.66. The quantitative estimate of drug-likeness (QED) is 0.600. The molecule has 1 amide bonds. The molecule has 1 fully saturated rings. The molecule has 0 radical (unpaired) electrons. The van der Waals surface area contributed by atoms with Gasteiger partial charge in [-0.05, 0) is 42.0 Å². The van der Waals surface area contributed by atoms with Gasteiger partial charge in [0.15, 0.2) is 0 Å². The summed E-state index contributed by atoms with van der Waals surface area (Å²) in [6.45, 7) is -2.39. The van der Waals surface area contributed by atoms with Crippen LogP contribution in [0, 0.1) is 5.82 Å². The molecular weight excluding hydrogens is 457 g/mol. The highest BCUT2D eigenvalue weighted by atomic mass is 35.5. The van der Waals surface area contributed by atoms with E-state index < -0.39 is 22.5 Å². The van der Waals surface area contributed by atoms with Crippen LogP contribution in [-0.4, -0.2) is 56.3 Å². The van der Waals surface area contributed by atoms with E-state index in [0.717, 1.165) is 18.2 Å². The van der Waals surface area contributed by atoms with E-state index in [1.165, 1.54) is 45.6 Å². The smallest absolute Gasteiger partial charge is 0.387 e. The lowest BCUT2D eigenvalue weighted by atomic mass is 10.2. The number of amides is 1. The molecule has 6 nitrogen and oxygen atoms in total. The summed E-state index contributed by atoms with van der Waals surface area (Å²) < 4.78 is 68.5. The number of carbonyl (C=O) groups excluding carboxylic acids is 1. The highest BCUT2D eigenvalue weighted by Gasteiger charge is 2.30. The van der Waals surface area contributed by atoms with Gasteiger partial charge in [0.2, 0.25) is 15.9 Å². The van der Waals surface area contributed by atoms with Crippen molar-refractivity contribution in [3.8, 4) is 5.75 Å². The fourth-order valence-electron chi connectivity index (χ4n) is 2.97. The second kappa shape index (κ2) is 9.71. The maximum atomic E-state index is 13.3. The van der Waals surface area contributed by atoms with E-state index >= 15 is 0 Å². The van der Waals surface area contributed by atoms with E-state index in [4.69, 9.17) is 11.6 Å². The van der Waals surface area contributed by atoms with Gasteiger partial charge in [0.05, 0.1) is 9.92 Å². The van der Waals surface area contributed by atoms with Gasteiger partial charge in [0.25, 0.3) is 0 Å². The maximum absolute atomic E-state index is 13.3. The number of rotatable bonds is 6. The molecule has 0 saturated carbocycles. The Morgan fingerprint density at radius 3 is 2.29 bits per heavy atom. The number of hydrogen-bond donors (Lipinski definition) is 0. The third kappa shape index (κ3) is 5.78. The Kier molecular flexibility index (Phi) is 7.24. The van der Waals surface area contributed by atoms with E-state index in [0.29, 0.717) is 5.56 Å². The highest BCUT2D eigenvalue weighted by Crippen LogP contribution is 2.23. The van der Waals surface area contributed by atoms with Crippen molar-refractivity contribution in [3.63, 3.8) is 0 Å².